The zero-order valence-electron chi connectivity index (χ0n) is 7.20. The molecule has 0 rings (SSSR count). The second kappa shape index (κ2) is 3.78. The third-order valence-corrected chi connectivity index (χ3v) is 3.48. The Morgan fingerprint density at radius 1 is 1.09 bits per heavy atom. The molecule has 3 nitrogen and oxygen atoms in total. The third-order valence-electron chi connectivity index (χ3n) is 1.16. The number of hydrogen-bond donors (Lipinski definition) is 1. The number of rotatable bonds is 4. The van der Waals surface area contributed by atoms with Crippen molar-refractivity contribution in [2.45, 2.75) is 6.42 Å². The van der Waals surface area contributed by atoms with Gasteiger partial charge in [0.1, 0.15) is 0 Å². The van der Waals surface area contributed by atoms with Crippen molar-refractivity contribution in [2.24, 2.45) is 0 Å². The average Bonchev–Trinajstić information content (AvgIpc) is 1.55. The molecule has 0 aliphatic carbocycles. The van der Waals surface area contributed by atoms with Crippen molar-refractivity contribution < 1.29 is 13.0 Å². The van der Waals surface area contributed by atoms with E-state index in [1.807, 2.05) is 0 Å². The van der Waals surface area contributed by atoms with E-state index in [2.05, 4.69) is 18.8 Å². The molecule has 0 aromatic carbocycles. The van der Waals surface area contributed by atoms with Crippen LogP contribution in [0.2, 0.25) is 0 Å². The molecule has 1 N–H and O–H groups in total. The molecule has 0 fully saturated rings. The van der Waals surface area contributed by atoms with E-state index in [0.717, 1.165) is 5.75 Å². The van der Waals surface area contributed by atoms with Crippen molar-refractivity contribution in [3.63, 3.8) is 0 Å². The molecule has 0 bridgehead atoms. The molecule has 0 saturated heterocycles. The van der Waals surface area contributed by atoms with Gasteiger partial charge in [-0.05, 0) is 30.9 Å². The van der Waals surface area contributed by atoms with Gasteiger partial charge < -0.3 is 0 Å². The van der Waals surface area contributed by atoms with Crippen molar-refractivity contribution in [3.8, 4) is 0 Å². The Hall–Kier alpha value is 0.260. The fraction of sp³-hybridized carbons (Fsp3) is 1.00. The van der Waals surface area contributed by atoms with E-state index in [4.69, 9.17) is 4.55 Å². The largest absolute Gasteiger partial charge is 0.286 e. The summed E-state index contributed by atoms with van der Waals surface area (Å²) in [6.45, 7) is 0. The van der Waals surface area contributed by atoms with Crippen LogP contribution in [-0.2, 0) is 10.1 Å². The molecule has 0 atom stereocenters. The van der Waals surface area contributed by atoms with E-state index in [1.54, 1.807) is 0 Å². The van der Waals surface area contributed by atoms with Gasteiger partial charge in [0.2, 0.25) is 0 Å². The van der Waals surface area contributed by atoms with Gasteiger partial charge in [0, 0.05) is 0 Å². The Labute approximate surface area is 70.3 Å². The van der Waals surface area contributed by atoms with Gasteiger partial charge in [-0.1, -0.05) is 0 Å². The zero-order valence-corrected chi connectivity index (χ0v) is 8.83. The lowest BCUT2D eigenvalue weighted by atomic mass is 10.6. The molecule has 0 radical (unpaired) electrons. The highest BCUT2D eigenvalue weighted by molar-refractivity contribution is 8.32. The van der Waals surface area contributed by atoms with Gasteiger partial charge in [0.15, 0.2) is 0 Å². The molecule has 0 saturated carbocycles. The Morgan fingerprint density at radius 3 is 1.82 bits per heavy atom. The lowest BCUT2D eigenvalue weighted by Crippen LogP contribution is -2.08. The van der Waals surface area contributed by atoms with E-state index in [0.29, 0.717) is 6.42 Å². The SMILES string of the molecule is CS(C)(C)CCCS(=O)(=O)O. The van der Waals surface area contributed by atoms with Crippen molar-refractivity contribution in [2.75, 3.05) is 30.3 Å². The fourth-order valence-corrected chi connectivity index (χ4v) is 2.38. The maximum atomic E-state index is 10.3. The topological polar surface area (TPSA) is 54.4 Å². The van der Waals surface area contributed by atoms with Crippen LogP contribution in [0.15, 0.2) is 0 Å². The Balaban J connectivity index is 3.61. The van der Waals surface area contributed by atoms with E-state index in [-0.39, 0.29) is 5.75 Å². The molecule has 0 aliphatic rings. The Morgan fingerprint density at radius 2 is 1.55 bits per heavy atom. The summed E-state index contributed by atoms with van der Waals surface area (Å²) < 4.78 is 29.0. The van der Waals surface area contributed by atoms with Gasteiger partial charge in [-0.25, -0.2) is 10.0 Å². The smallest absolute Gasteiger partial charge is 0.264 e. The minimum atomic E-state index is -3.73. The predicted octanol–water partition coefficient (Wildman–Crippen LogP) is 0.958. The highest BCUT2D eigenvalue weighted by Crippen LogP contribution is 2.34. The van der Waals surface area contributed by atoms with E-state index < -0.39 is 20.1 Å². The predicted molar refractivity (Wildman–Crippen MR) is 51.3 cm³/mol. The van der Waals surface area contributed by atoms with Gasteiger partial charge in [0.05, 0.1) is 5.75 Å². The second-order valence-corrected chi connectivity index (χ2v) is 9.60. The van der Waals surface area contributed by atoms with Crippen molar-refractivity contribution >= 4 is 20.1 Å². The summed E-state index contributed by atoms with van der Waals surface area (Å²) in [6, 6.07) is 0. The highest BCUT2D eigenvalue weighted by Gasteiger charge is 2.08. The lowest BCUT2D eigenvalue weighted by molar-refractivity contribution is 0.482. The molecule has 0 unspecified atom stereocenters. The van der Waals surface area contributed by atoms with E-state index in [1.165, 1.54) is 0 Å². The molecule has 0 heterocycles. The second-order valence-electron chi connectivity index (χ2n) is 3.43. The molecule has 0 aliphatic heterocycles. The summed E-state index contributed by atoms with van der Waals surface area (Å²) in [5, 5.41) is 0. The van der Waals surface area contributed by atoms with Gasteiger partial charge in [0.25, 0.3) is 10.1 Å². The molecule has 11 heavy (non-hydrogen) atoms. The van der Waals surface area contributed by atoms with E-state index >= 15 is 0 Å². The first kappa shape index (κ1) is 11.3. The monoisotopic (exact) mass is 200 g/mol. The van der Waals surface area contributed by atoms with Crippen LogP contribution >= 0.6 is 10.0 Å². The lowest BCUT2D eigenvalue weighted by Gasteiger charge is -2.24. The quantitative estimate of drug-likeness (QED) is 0.688. The first-order valence-electron chi connectivity index (χ1n) is 3.32. The molecule has 0 aromatic rings. The zero-order chi connectivity index (χ0) is 9.12. The van der Waals surface area contributed by atoms with Crippen LogP contribution < -0.4 is 0 Å². The van der Waals surface area contributed by atoms with Crippen molar-refractivity contribution in [1.29, 1.82) is 0 Å². The first-order chi connectivity index (χ1) is 4.71. The highest BCUT2D eigenvalue weighted by atomic mass is 32.3. The summed E-state index contributed by atoms with van der Waals surface area (Å²) in [5.41, 5.74) is 0. The fourth-order valence-electron chi connectivity index (χ4n) is 0.674. The standard InChI is InChI=1S/C6H16O3S2/c1-10(2,3)5-4-6-11(7,8)9/h4-6H2,1-3H3,(H,7,8,9). The molecule has 0 spiro atoms. The number of hydrogen-bond acceptors (Lipinski definition) is 2. The van der Waals surface area contributed by atoms with Gasteiger partial charge >= 0.3 is 0 Å². The Bertz CT molecular complexity index is 200. The molecule has 5 heteroatoms. The molecular weight excluding hydrogens is 184 g/mol. The van der Waals surface area contributed by atoms with Crippen LogP contribution in [0.3, 0.4) is 0 Å². The minimum Gasteiger partial charge on any atom is -0.286 e. The molecule has 0 amide bonds. The third kappa shape index (κ3) is 10.3. The Kier molecular flexibility index (Phi) is 3.87. The van der Waals surface area contributed by atoms with Crippen LogP contribution in [0.1, 0.15) is 6.42 Å². The van der Waals surface area contributed by atoms with Crippen LogP contribution in [0, 0.1) is 0 Å². The molecular formula is C6H16O3S2. The maximum absolute atomic E-state index is 10.3. The van der Waals surface area contributed by atoms with Crippen molar-refractivity contribution in [1.82, 2.24) is 0 Å². The summed E-state index contributed by atoms with van der Waals surface area (Å²) in [5.74, 6) is 0.796. The summed E-state index contributed by atoms with van der Waals surface area (Å²) >= 11 is 0. The van der Waals surface area contributed by atoms with E-state index in [9.17, 15) is 8.42 Å². The summed E-state index contributed by atoms with van der Waals surface area (Å²) in [4.78, 5) is 0. The van der Waals surface area contributed by atoms with Crippen LogP contribution in [0.25, 0.3) is 0 Å². The normalized spacial score (nSPS) is 14.9. The summed E-state index contributed by atoms with van der Waals surface area (Å²) in [7, 11) is -4.36. The van der Waals surface area contributed by atoms with Gasteiger partial charge in [-0.15, -0.1) is 0 Å². The van der Waals surface area contributed by atoms with Crippen molar-refractivity contribution in [3.05, 3.63) is 0 Å². The average molecular weight is 200 g/mol. The first-order valence-corrected chi connectivity index (χ1v) is 7.95. The van der Waals surface area contributed by atoms with Crippen LogP contribution in [0.5, 0.6) is 0 Å². The van der Waals surface area contributed by atoms with Crippen LogP contribution in [-0.4, -0.2) is 43.2 Å². The van der Waals surface area contributed by atoms with Gasteiger partial charge in [-0.3, -0.25) is 4.55 Å². The molecule has 70 valence electrons. The summed E-state index contributed by atoms with van der Waals surface area (Å²) in [6.07, 6.45) is 6.93. The maximum Gasteiger partial charge on any atom is 0.264 e. The minimum absolute atomic E-state index is 0.0999. The van der Waals surface area contributed by atoms with Gasteiger partial charge in [-0.2, -0.15) is 8.42 Å². The molecule has 0 aromatic heterocycles. The van der Waals surface area contributed by atoms with Crippen LogP contribution in [0.4, 0.5) is 0 Å².